The number of primary amides is 1. The average Bonchev–Trinajstić information content (AvgIpc) is 2.57. The lowest BCUT2D eigenvalue weighted by Crippen LogP contribution is -2.44. The quantitative estimate of drug-likeness (QED) is 0.855. The van der Waals surface area contributed by atoms with Crippen molar-refractivity contribution >= 4 is 17.9 Å². The smallest absolute Gasteiger partial charge is 0.255 e. The maximum absolute atomic E-state index is 13.6. The Morgan fingerprint density at radius 2 is 1.79 bits per heavy atom. The molecular formula is C18H16F2N2O2. The Kier molecular flexibility index (Phi) is 5.78. The molecule has 124 valence electrons. The zero-order valence-corrected chi connectivity index (χ0v) is 12.7. The Bertz CT molecular complexity index is 761. The summed E-state index contributed by atoms with van der Waals surface area (Å²) in [4.78, 5) is 23.5. The van der Waals surface area contributed by atoms with Crippen molar-refractivity contribution in [2.24, 2.45) is 5.73 Å². The zero-order chi connectivity index (χ0) is 17.5. The first kappa shape index (κ1) is 17.3. The molecule has 0 aliphatic heterocycles. The molecule has 2 aromatic rings. The van der Waals surface area contributed by atoms with Gasteiger partial charge in [-0.25, -0.2) is 8.78 Å². The van der Waals surface area contributed by atoms with Crippen molar-refractivity contribution in [3.8, 4) is 0 Å². The number of halogens is 2. The molecule has 0 heterocycles. The molecule has 0 unspecified atom stereocenters. The van der Waals surface area contributed by atoms with Gasteiger partial charge in [0.25, 0.3) is 5.91 Å². The molecule has 0 fully saturated rings. The number of carbonyl (C=O) groups is 2. The number of nitrogens with two attached hydrogens (primary N) is 1. The molecule has 4 nitrogen and oxygen atoms in total. The molecule has 6 heteroatoms. The van der Waals surface area contributed by atoms with E-state index in [0.29, 0.717) is 0 Å². The summed E-state index contributed by atoms with van der Waals surface area (Å²) in [6, 6.07) is 11.6. The fraction of sp³-hybridized carbons (Fsp3) is 0.111. The summed E-state index contributed by atoms with van der Waals surface area (Å²) in [6.45, 7) is 0. The van der Waals surface area contributed by atoms with Crippen molar-refractivity contribution in [2.75, 3.05) is 0 Å². The lowest BCUT2D eigenvalue weighted by atomic mass is 10.1. The molecule has 0 saturated heterocycles. The maximum Gasteiger partial charge on any atom is 0.255 e. The van der Waals surface area contributed by atoms with Crippen LogP contribution < -0.4 is 11.1 Å². The highest BCUT2D eigenvalue weighted by Crippen LogP contribution is 2.12. The van der Waals surface area contributed by atoms with E-state index in [1.807, 2.05) is 30.3 Å². The maximum atomic E-state index is 13.6. The van der Waals surface area contributed by atoms with Crippen molar-refractivity contribution < 1.29 is 18.4 Å². The normalized spacial score (nSPS) is 12.1. The van der Waals surface area contributed by atoms with Crippen LogP contribution in [0.4, 0.5) is 8.78 Å². The summed E-state index contributed by atoms with van der Waals surface area (Å²) < 4.78 is 26.8. The number of amides is 2. The van der Waals surface area contributed by atoms with E-state index < -0.39 is 35.1 Å². The van der Waals surface area contributed by atoms with Crippen LogP contribution in [0.5, 0.6) is 0 Å². The molecule has 1 atom stereocenters. The van der Waals surface area contributed by atoms with Crippen LogP contribution in [0.15, 0.2) is 54.6 Å². The fourth-order valence-electron chi connectivity index (χ4n) is 2.07. The van der Waals surface area contributed by atoms with E-state index in [1.165, 1.54) is 6.07 Å². The van der Waals surface area contributed by atoms with E-state index in [9.17, 15) is 18.4 Å². The van der Waals surface area contributed by atoms with Gasteiger partial charge in [0, 0.05) is 0 Å². The van der Waals surface area contributed by atoms with Crippen molar-refractivity contribution in [1.29, 1.82) is 0 Å². The van der Waals surface area contributed by atoms with Gasteiger partial charge in [-0.15, -0.1) is 0 Å². The number of benzene rings is 2. The van der Waals surface area contributed by atoms with Gasteiger partial charge in [-0.2, -0.15) is 0 Å². The Hall–Kier alpha value is -3.02. The monoisotopic (exact) mass is 330 g/mol. The average molecular weight is 330 g/mol. The molecule has 3 N–H and O–H groups in total. The van der Waals surface area contributed by atoms with Gasteiger partial charge in [-0.1, -0.05) is 48.6 Å². The van der Waals surface area contributed by atoms with E-state index in [2.05, 4.69) is 5.32 Å². The number of rotatable bonds is 6. The second kappa shape index (κ2) is 8.01. The highest BCUT2D eigenvalue weighted by Gasteiger charge is 2.21. The predicted molar refractivity (Wildman–Crippen MR) is 86.9 cm³/mol. The third kappa shape index (κ3) is 4.49. The van der Waals surface area contributed by atoms with Crippen molar-refractivity contribution in [1.82, 2.24) is 5.32 Å². The number of carbonyl (C=O) groups excluding carboxylic acids is 2. The lowest BCUT2D eigenvalue weighted by molar-refractivity contribution is -0.119. The minimum absolute atomic E-state index is 0.132. The van der Waals surface area contributed by atoms with Gasteiger partial charge in [0.05, 0.1) is 5.56 Å². The summed E-state index contributed by atoms with van der Waals surface area (Å²) in [6.07, 6.45) is 3.57. The first-order chi connectivity index (χ1) is 11.5. The van der Waals surface area contributed by atoms with Crippen molar-refractivity contribution in [2.45, 2.75) is 12.5 Å². The summed E-state index contributed by atoms with van der Waals surface area (Å²) in [5, 5.41) is 2.32. The summed E-state index contributed by atoms with van der Waals surface area (Å²) in [5.74, 6) is -4.07. The van der Waals surface area contributed by atoms with Crippen molar-refractivity contribution in [3.63, 3.8) is 0 Å². The molecule has 0 aromatic heterocycles. The molecule has 0 aliphatic rings. The Morgan fingerprint density at radius 1 is 1.08 bits per heavy atom. The standard InChI is InChI=1S/C18H16F2N2O2/c19-14-10-5-9-13(16(14)20)18(24)22-15(17(21)23)11-4-8-12-6-2-1-3-7-12/h1-10,15H,11H2,(H2,21,23)(H,22,24)/b8-4+/t15-/m0/s1. The fourth-order valence-corrected chi connectivity index (χ4v) is 2.07. The first-order valence-electron chi connectivity index (χ1n) is 7.25. The van der Waals surface area contributed by atoms with Crippen LogP contribution in [0, 0.1) is 11.6 Å². The highest BCUT2D eigenvalue weighted by atomic mass is 19.2. The molecule has 2 amide bonds. The topological polar surface area (TPSA) is 72.2 Å². The van der Waals surface area contributed by atoms with E-state index in [-0.39, 0.29) is 6.42 Å². The third-order valence-corrected chi connectivity index (χ3v) is 3.33. The summed E-state index contributed by atoms with van der Waals surface area (Å²) in [5.41, 5.74) is 5.70. The molecular weight excluding hydrogens is 314 g/mol. The number of hydrogen-bond acceptors (Lipinski definition) is 2. The number of hydrogen-bond donors (Lipinski definition) is 2. The lowest BCUT2D eigenvalue weighted by Gasteiger charge is -2.14. The molecule has 0 bridgehead atoms. The van der Waals surface area contributed by atoms with Gasteiger partial charge in [0.15, 0.2) is 11.6 Å². The van der Waals surface area contributed by atoms with Gasteiger partial charge >= 0.3 is 0 Å². The largest absolute Gasteiger partial charge is 0.368 e. The van der Waals surface area contributed by atoms with E-state index in [4.69, 9.17) is 5.73 Å². The van der Waals surface area contributed by atoms with Crippen LogP contribution in [0.2, 0.25) is 0 Å². The van der Waals surface area contributed by atoms with Gasteiger partial charge in [-0.3, -0.25) is 9.59 Å². The summed E-state index contributed by atoms with van der Waals surface area (Å²) >= 11 is 0. The molecule has 2 aromatic carbocycles. The minimum atomic E-state index is -1.27. The van der Waals surface area contributed by atoms with Crippen LogP contribution in [-0.2, 0) is 4.79 Å². The predicted octanol–water partition coefficient (Wildman–Crippen LogP) is 2.65. The van der Waals surface area contributed by atoms with Crippen LogP contribution in [0.3, 0.4) is 0 Å². The van der Waals surface area contributed by atoms with Crippen LogP contribution >= 0.6 is 0 Å². The SMILES string of the molecule is NC(=O)[C@H](C/C=C/c1ccccc1)NC(=O)c1cccc(F)c1F. The highest BCUT2D eigenvalue weighted by molar-refractivity contribution is 5.97. The molecule has 0 radical (unpaired) electrons. The minimum Gasteiger partial charge on any atom is -0.368 e. The Balaban J connectivity index is 2.06. The van der Waals surface area contributed by atoms with Gasteiger partial charge in [0.1, 0.15) is 6.04 Å². The number of nitrogens with one attached hydrogen (secondary N) is 1. The Morgan fingerprint density at radius 3 is 2.46 bits per heavy atom. The molecule has 2 rings (SSSR count). The van der Waals surface area contributed by atoms with Crippen LogP contribution in [-0.4, -0.2) is 17.9 Å². The molecule has 0 saturated carbocycles. The van der Waals surface area contributed by atoms with Gasteiger partial charge in [-0.05, 0) is 24.1 Å². The van der Waals surface area contributed by atoms with Gasteiger partial charge in [0.2, 0.25) is 5.91 Å². The van der Waals surface area contributed by atoms with Crippen molar-refractivity contribution in [3.05, 3.63) is 77.4 Å². The zero-order valence-electron chi connectivity index (χ0n) is 12.7. The first-order valence-corrected chi connectivity index (χ1v) is 7.25. The molecule has 0 aliphatic carbocycles. The van der Waals surface area contributed by atoms with E-state index >= 15 is 0 Å². The van der Waals surface area contributed by atoms with Gasteiger partial charge < -0.3 is 11.1 Å². The molecule has 0 spiro atoms. The second-order valence-corrected chi connectivity index (χ2v) is 5.08. The second-order valence-electron chi connectivity index (χ2n) is 5.08. The van der Waals surface area contributed by atoms with Crippen LogP contribution in [0.25, 0.3) is 6.08 Å². The Labute approximate surface area is 138 Å². The van der Waals surface area contributed by atoms with E-state index in [1.54, 1.807) is 12.2 Å². The third-order valence-electron chi connectivity index (χ3n) is 3.33. The van der Waals surface area contributed by atoms with Crippen LogP contribution in [0.1, 0.15) is 22.3 Å². The molecule has 24 heavy (non-hydrogen) atoms. The summed E-state index contributed by atoms with van der Waals surface area (Å²) in [7, 11) is 0. The van der Waals surface area contributed by atoms with E-state index in [0.717, 1.165) is 17.7 Å².